The van der Waals surface area contributed by atoms with Crippen molar-refractivity contribution in [2.24, 2.45) is 5.41 Å². The molecule has 137 heavy (non-hydrogen) atoms. The number of hydrogen-bond donors (Lipinski definition) is 0. The molecule has 1 aliphatic heterocycles. The molecule has 0 bridgehead atoms. The SMILES string of the molecule is O=C(OC[C@H]1O[C@@H](OC/C=C/CCC(CCCCCC(F)(F)C(F)(F)C(F)(F)C(F)(F)C(F)(F)C(F)(F)C(F)(F)C(F)(F)F)(CCCCCC(F)(F)C(F)(F)C(F)(F)C(F)(F)C(F)(F)C(F)(F)C(F)(F)C(F)(F)F)CCC(F)(F)C(F)(F)C(F)(F)C(F)(F)C(F)(F)C(F)(F)C(F)(F)C(F)(F)F)[C@H](OC(=O)c2ccccc2)[C@@H](OC(=O)c2ccccc2)[C@H]1OC(=O)c1ccccc1)c1ccccc1. The highest BCUT2D eigenvalue weighted by Gasteiger charge is 2.99. The van der Waals surface area contributed by atoms with Gasteiger partial charge in [-0.1, -0.05) is 111 Å². The standard InChI is InChI=1S/C76H59F51O10/c77-53(78,56(83,84)59(89,90)62(95,96)65(101,102)68(107,108)71(113,114)74(119,120)121)33-19-5-16-30-52(35-36-55(81,82)58(87,88)61(93,94)64(99,100)67(105,106)70(111,112)73(117,118)76(125,126)127,31-17-6-20-34-54(79,80)57(85,86)60(91,92)63(97,98)66(103,104)69(109,110)72(115,116)75(122,123)124)32-18-7-21-37-132-51-46(137-50(131)42-28-14-4-15-29-42)45(136-49(130)41-26-12-3-13-27-41)44(135-48(129)40-24-10-2-11-25-40)43(134-51)38-133-47(128)39-22-8-1-9-23-39/h1-4,7-15,21-29,43-46,51H,5-6,16-20,30-38H2/b21-7+/t43-,44+,45+,46-,51-/m1/s1. The lowest BCUT2D eigenvalue weighted by atomic mass is 9.70. The van der Waals surface area contributed by atoms with Crippen molar-refractivity contribution in [1.82, 2.24) is 0 Å². The van der Waals surface area contributed by atoms with E-state index in [-0.39, 0.29) is 11.1 Å². The number of carbonyl (C=O) groups excluding carboxylic acids is 4. The van der Waals surface area contributed by atoms with Gasteiger partial charge in [-0.25, -0.2) is 19.2 Å². The molecular formula is C76H59F51O10. The van der Waals surface area contributed by atoms with Gasteiger partial charge in [-0.15, -0.1) is 0 Å². The predicted molar refractivity (Wildman–Crippen MR) is 357 cm³/mol. The molecule has 0 radical (unpaired) electrons. The molecule has 10 nitrogen and oxygen atoms in total. The molecule has 1 heterocycles. The molecular weight excluding hydrogens is 2040 g/mol. The molecule has 0 aromatic heterocycles. The van der Waals surface area contributed by atoms with Crippen LogP contribution in [0.25, 0.3) is 0 Å². The van der Waals surface area contributed by atoms with Crippen molar-refractivity contribution in [2.75, 3.05) is 13.2 Å². The van der Waals surface area contributed by atoms with Crippen molar-refractivity contribution in [3.05, 3.63) is 156 Å². The highest BCUT2D eigenvalue weighted by molar-refractivity contribution is 5.91. The summed E-state index contributed by atoms with van der Waals surface area (Å²) in [5.74, 6) is -191. The highest BCUT2D eigenvalue weighted by Crippen LogP contribution is 2.69. The van der Waals surface area contributed by atoms with E-state index < -0.39 is 317 Å². The van der Waals surface area contributed by atoms with E-state index in [2.05, 4.69) is 0 Å². The minimum absolute atomic E-state index is 0.280. The van der Waals surface area contributed by atoms with Crippen LogP contribution in [0.15, 0.2) is 133 Å². The number of rotatable bonds is 48. The molecule has 4 aromatic carbocycles. The topological polar surface area (TPSA) is 124 Å². The summed E-state index contributed by atoms with van der Waals surface area (Å²) in [6.45, 7) is -2.61. The van der Waals surface area contributed by atoms with Gasteiger partial charge in [-0.3, -0.25) is 0 Å². The number of alkyl halides is 51. The second-order valence-corrected chi connectivity index (χ2v) is 30.1. The Bertz CT molecular complexity index is 4580. The van der Waals surface area contributed by atoms with Gasteiger partial charge in [-0.2, -0.15) is 224 Å². The highest BCUT2D eigenvalue weighted by atomic mass is 19.5. The Hall–Kier alpha value is -9.15. The average molecular weight is 2100 g/mol. The minimum Gasteiger partial charge on any atom is -0.459 e. The summed E-state index contributed by atoms with van der Waals surface area (Å²) in [5, 5.41) is 0. The second kappa shape index (κ2) is 40.1. The number of benzene rings is 4. The number of carbonyl (C=O) groups is 4. The third kappa shape index (κ3) is 21.7. The summed E-state index contributed by atoms with van der Waals surface area (Å²) in [5.41, 5.74) is -5.02. The van der Waals surface area contributed by atoms with Crippen molar-refractivity contribution in [3.63, 3.8) is 0 Å². The van der Waals surface area contributed by atoms with E-state index >= 15 is 70.2 Å². The Morgan fingerprint density at radius 1 is 0.248 bits per heavy atom. The molecule has 780 valence electrons. The maximum Gasteiger partial charge on any atom is 0.460 e. The summed E-state index contributed by atoms with van der Waals surface area (Å²) in [6, 6.07) is 23.6. The van der Waals surface area contributed by atoms with Crippen molar-refractivity contribution in [1.29, 1.82) is 0 Å². The molecule has 0 saturated carbocycles. The van der Waals surface area contributed by atoms with Gasteiger partial charge in [0.1, 0.15) is 12.7 Å². The summed E-state index contributed by atoms with van der Waals surface area (Å²) < 4.78 is 765. The molecule has 1 aliphatic rings. The number of allylic oxidation sites excluding steroid dienone is 1. The fourth-order valence-electron chi connectivity index (χ4n) is 12.7. The second-order valence-electron chi connectivity index (χ2n) is 30.1. The van der Waals surface area contributed by atoms with E-state index in [1.807, 2.05) is 0 Å². The zero-order chi connectivity index (χ0) is 106. The van der Waals surface area contributed by atoms with Crippen LogP contribution in [0.1, 0.15) is 131 Å². The van der Waals surface area contributed by atoms with E-state index in [0.717, 1.165) is 48.5 Å². The molecule has 0 spiro atoms. The van der Waals surface area contributed by atoms with Crippen LogP contribution in [-0.4, -0.2) is 211 Å². The van der Waals surface area contributed by atoms with Crippen molar-refractivity contribution >= 4 is 23.9 Å². The minimum atomic E-state index is -9.46. The fraction of sp³-hybridized carbons (Fsp3) is 0.605. The zero-order valence-electron chi connectivity index (χ0n) is 66.8. The number of halogens is 51. The molecule has 4 aromatic rings. The van der Waals surface area contributed by atoms with E-state index in [1.54, 1.807) is 0 Å². The number of esters is 4. The Balaban J connectivity index is 1.74. The maximum atomic E-state index is 16.1. The molecule has 1 saturated heterocycles. The quantitative estimate of drug-likeness (QED) is 0.0139. The van der Waals surface area contributed by atoms with Crippen molar-refractivity contribution < 1.29 is 272 Å². The molecule has 0 N–H and O–H groups in total. The third-order valence-corrected chi connectivity index (χ3v) is 20.8. The largest absolute Gasteiger partial charge is 0.460 e. The van der Waals surface area contributed by atoms with Gasteiger partial charge in [0.05, 0.1) is 28.9 Å². The Morgan fingerprint density at radius 3 is 0.774 bits per heavy atom. The molecule has 5 atom stereocenters. The van der Waals surface area contributed by atoms with Gasteiger partial charge in [0, 0.05) is 19.3 Å². The summed E-state index contributed by atoms with van der Waals surface area (Å²) in [4.78, 5) is 55.6. The summed E-state index contributed by atoms with van der Waals surface area (Å²) in [7, 11) is 0. The summed E-state index contributed by atoms with van der Waals surface area (Å²) >= 11 is 0. The lowest BCUT2D eigenvalue weighted by Crippen LogP contribution is -2.74. The van der Waals surface area contributed by atoms with E-state index in [1.165, 1.54) is 72.8 Å². The molecule has 0 unspecified atom stereocenters. The molecule has 0 aliphatic carbocycles. The third-order valence-electron chi connectivity index (χ3n) is 20.8. The van der Waals surface area contributed by atoms with Gasteiger partial charge >= 0.3 is 167 Å². The van der Waals surface area contributed by atoms with Crippen molar-refractivity contribution in [2.45, 2.75) is 263 Å². The van der Waals surface area contributed by atoms with E-state index in [4.69, 9.17) is 28.4 Å². The first-order valence-electron chi connectivity index (χ1n) is 37.5. The first-order valence-corrected chi connectivity index (χ1v) is 37.5. The van der Waals surface area contributed by atoms with Gasteiger partial charge in [0.25, 0.3) is 0 Å². The van der Waals surface area contributed by atoms with Gasteiger partial charge in [-0.05, 0) is 98.9 Å². The lowest BCUT2D eigenvalue weighted by Gasteiger charge is -2.44. The normalized spacial score (nSPS) is 18.2. The average Bonchev–Trinajstić information content (AvgIpc) is 0.701. The van der Waals surface area contributed by atoms with E-state index in [9.17, 15) is 173 Å². The number of hydrogen-bond acceptors (Lipinski definition) is 10. The van der Waals surface area contributed by atoms with Gasteiger partial charge < -0.3 is 28.4 Å². The molecule has 1 fully saturated rings. The lowest BCUT2D eigenvalue weighted by molar-refractivity contribution is -0.462. The van der Waals surface area contributed by atoms with Crippen LogP contribution in [0.4, 0.5) is 224 Å². The van der Waals surface area contributed by atoms with Gasteiger partial charge in [0.2, 0.25) is 0 Å². The fourth-order valence-corrected chi connectivity index (χ4v) is 12.7. The van der Waals surface area contributed by atoms with Crippen LogP contribution < -0.4 is 0 Å². The summed E-state index contributed by atoms with van der Waals surface area (Å²) in [6.07, 6.45) is -69.2. The number of ether oxygens (including phenoxy) is 6. The zero-order valence-corrected chi connectivity index (χ0v) is 66.8. The molecule has 61 heteroatoms. The first kappa shape index (κ1) is 118. The Kier molecular flexibility index (Phi) is 34.6. The smallest absolute Gasteiger partial charge is 0.459 e. The Morgan fingerprint density at radius 2 is 0.489 bits per heavy atom. The van der Waals surface area contributed by atoms with E-state index in [0.29, 0.717) is 12.2 Å². The van der Waals surface area contributed by atoms with Crippen LogP contribution >= 0.6 is 0 Å². The van der Waals surface area contributed by atoms with Crippen LogP contribution in [0.5, 0.6) is 0 Å². The first-order chi connectivity index (χ1) is 61.5. The number of unbranched alkanes of at least 4 members (excludes halogenated alkanes) is 4. The Labute approximate surface area is 732 Å². The molecule has 5 rings (SSSR count). The monoisotopic (exact) mass is 2100 g/mol. The van der Waals surface area contributed by atoms with Crippen molar-refractivity contribution in [3.8, 4) is 0 Å². The van der Waals surface area contributed by atoms with Gasteiger partial charge in [0.15, 0.2) is 24.6 Å². The van der Waals surface area contributed by atoms with Crippen LogP contribution in [-0.2, 0) is 28.4 Å². The van der Waals surface area contributed by atoms with Crippen LogP contribution in [0.3, 0.4) is 0 Å². The maximum absolute atomic E-state index is 16.1. The van der Waals surface area contributed by atoms with Crippen LogP contribution in [0.2, 0.25) is 0 Å². The predicted octanol–water partition coefficient (Wildman–Crippen LogP) is 27.3. The van der Waals surface area contributed by atoms with Crippen LogP contribution in [0, 0.1) is 5.41 Å². The molecule has 0 amide bonds.